The molecule has 0 aliphatic carbocycles. The predicted octanol–water partition coefficient (Wildman–Crippen LogP) is 1.76. The molecule has 0 saturated heterocycles. The van der Waals surface area contributed by atoms with Crippen LogP contribution in [0.15, 0.2) is 24.3 Å². The number of nitrogens with zero attached hydrogens (tertiary/aromatic N) is 2. The molecule has 1 aromatic heterocycles. The van der Waals surface area contributed by atoms with E-state index in [0.717, 1.165) is 13.0 Å². The average molecular weight is 353 g/mol. The van der Waals surface area contributed by atoms with Gasteiger partial charge in [-0.15, -0.1) is 0 Å². The lowest BCUT2D eigenvalue weighted by atomic mass is 10.1. The van der Waals surface area contributed by atoms with Gasteiger partial charge < -0.3 is 17.1 Å². The van der Waals surface area contributed by atoms with Gasteiger partial charge in [0.1, 0.15) is 0 Å². The van der Waals surface area contributed by atoms with E-state index in [1.54, 1.807) is 0 Å². The number of imidazole rings is 1. The SMILES string of the molecule is CCCCCCCCCOCn1c(CC)[n+](C)c2ccccc21.[Cl-]. The summed E-state index contributed by atoms with van der Waals surface area (Å²) in [5.41, 5.74) is 2.55. The maximum absolute atomic E-state index is 5.96. The molecule has 0 bridgehead atoms. The molecule has 0 atom stereocenters. The van der Waals surface area contributed by atoms with Crippen LogP contribution in [0.3, 0.4) is 0 Å². The first-order valence-corrected chi connectivity index (χ1v) is 9.33. The molecule has 136 valence electrons. The van der Waals surface area contributed by atoms with E-state index in [-0.39, 0.29) is 12.4 Å². The van der Waals surface area contributed by atoms with Crippen LogP contribution in [0.1, 0.15) is 64.6 Å². The zero-order chi connectivity index (χ0) is 16.5. The number of benzene rings is 1. The van der Waals surface area contributed by atoms with Gasteiger partial charge in [0.25, 0.3) is 5.82 Å². The Labute approximate surface area is 153 Å². The largest absolute Gasteiger partial charge is 1.00 e. The van der Waals surface area contributed by atoms with Crippen LogP contribution in [0, 0.1) is 0 Å². The van der Waals surface area contributed by atoms with Gasteiger partial charge in [0.05, 0.1) is 13.7 Å². The van der Waals surface area contributed by atoms with Crippen molar-refractivity contribution in [3.05, 3.63) is 30.1 Å². The highest BCUT2D eigenvalue weighted by Crippen LogP contribution is 2.15. The normalized spacial score (nSPS) is 11.0. The van der Waals surface area contributed by atoms with E-state index in [9.17, 15) is 0 Å². The Morgan fingerprint density at radius 2 is 1.62 bits per heavy atom. The van der Waals surface area contributed by atoms with Crippen molar-refractivity contribution >= 4 is 11.0 Å². The fourth-order valence-corrected chi connectivity index (χ4v) is 3.32. The topological polar surface area (TPSA) is 18.0 Å². The van der Waals surface area contributed by atoms with Gasteiger partial charge in [-0.1, -0.05) is 64.5 Å². The Morgan fingerprint density at radius 1 is 0.958 bits per heavy atom. The van der Waals surface area contributed by atoms with E-state index in [2.05, 4.69) is 54.3 Å². The summed E-state index contributed by atoms with van der Waals surface area (Å²) in [7, 11) is 2.15. The summed E-state index contributed by atoms with van der Waals surface area (Å²) in [6.45, 7) is 6.01. The minimum absolute atomic E-state index is 0. The molecule has 1 heterocycles. The van der Waals surface area contributed by atoms with Crippen LogP contribution >= 0.6 is 0 Å². The van der Waals surface area contributed by atoms with Gasteiger partial charge in [-0.25, -0.2) is 9.13 Å². The highest BCUT2D eigenvalue weighted by atomic mass is 35.5. The van der Waals surface area contributed by atoms with Gasteiger partial charge in [0.15, 0.2) is 17.8 Å². The summed E-state index contributed by atoms with van der Waals surface area (Å²) < 4.78 is 10.6. The lowest BCUT2D eigenvalue weighted by Gasteiger charge is -2.05. The Kier molecular flexibility index (Phi) is 10.0. The summed E-state index contributed by atoms with van der Waals surface area (Å²) in [6, 6.07) is 8.58. The zero-order valence-electron chi connectivity index (χ0n) is 15.6. The molecule has 0 aliphatic heterocycles. The van der Waals surface area contributed by atoms with Crippen LogP contribution in [-0.4, -0.2) is 11.2 Å². The van der Waals surface area contributed by atoms with Crippen molar-refractivity contribution in [1.29, 1.82) is 0 Å². The van der Waals surface area contributed by atoms with E-state index < -0.39 is 0 Å². The van der Waals surface area contributed by atoms with Crippen LogP contribution in [0.5, 0.6) is 0 Å². The minimum atomic E-state index is 0. The minimum Gasteiger partial charge on any atom is -1.00 e. The monoisotopic (exact) mass is 352 g/mol. The van der Waals surface area contributed by atoms with E-state index in [0.29, 0.717) is 6.73 Å². The van der Waals surface area contributed by atoms with Gasteiger partial charge in [0, 0.05) is 6.42 Å². The molecule has 0 unspecified atom stereocenters. The van der Waals surface area contributed by atoms with E-state index >= 15 is 0 Å². The number of ether oxygens (including phenoxy) is 1. The maximum Gasteiger partial charge on any atom is 0.258 e. The van der Waals surface area contributed by atoms with Gasteiger partial charge in [-0.05, 0) is 18.6 Å². The number of unbranched alkanes of at least 4 members (excludes halogenated alkanes) is 6. The molecule has 3 nitrogen and oxygen atoms in total. The fourth-order valence-electron chi connectivity index (χ4n) is 3.32. The lowest BCUT2D eigenvalue weighted by molar-refractivity contribution is -0.654. The van der Waals surface area contributed by atoms with Crippen LogP contribution in [0.25, 0.3) is 11.0 Å². The molecule has 2 aromatic rings. The standard InChI is InChI=1S/C20H33N2O.ClH/c1-4-6-7-8-9-10-13-16-23-17-22-19-15-12-11-14-18(19)21(3)20(22)5-2;/h11-12,14-15H,4-10,13,16-17H2,1-3H3;1H/q+1;/p-1. The molecule has 0 radical (unpaired) electrons. The molecule has 4 heteroatoms. The molecule has 2 rings (SSSR count). The van der Waals surface area contributed by atoms with Crippen LogP contribution in [-0.2, 0) is 24.9 Å². The number of halogens is 1. The number of aromatic nitrogens is 2. The number of para-hydroxylation sites is 2. The van der Waals surface area contributed by atoms with Crippen molar-refractivity contribution < 1.29 is 21.7 Å². The number of aryl methyl sites for hydroxylation is 1. The van der Waals surface area contributed by atoms with Crippen molar-refractivity contribution in [2.45, 2.75) is 71.9 Å². The Morgan fingerprint density at radius 3 is 2.33 bits per heavy atom. The molecule has 0 N–H and O–H groups in total. The maximum atomic E-state index is 5.96. The van der Waals surface area contributed by atoms with Crippen molar-refractivity contribution in [2.24, 2.45) is 7.05 Å². The third-order valence-electron chi connectivity index (χ3n) is 4.66. The average Bonchev–Trinajstić information content (AvgIpc) is 2.85. The second-order valence-electron chi connectivity index (χ2n) is 6.40. The molecule has 24 heavy (non-hydrogen) atoms. The highest BCUT2D eigenvalue weighted by Gasteiger charge is 2.20. The molecule has 0 aliphatic rings. The summed E-state index contributed by atoms with van der Waals surface area (Å²) in [4.78, 5) is 0. The number of rotatable bonds is 11. The summed E-state index contributed by atoms with van der Waals surface area (Å²) in [5.74, 6) is 1.32. The van der Waals surface area contributed by atoms with Gasteiger partial charge in [-0.2, -0.15) is 0 Å². The third kappa shape index (κ3) is 5.49. The summed E-state index contributed by atoms with van der Waals surface area (Å²) >= 11 is 0. The van der Waals surface area contributed by atoms with Crippen LogP contribution in [0.4, 0.5) is 0 Å². The number of fused-ring (bicyclic) bond motifs is 1. The third-order valence-corrected chi connectivity index (χ3v) is 4.66. The molecule has 0 fully saturated rings. The predicted molar refractivity (Wildman–Crippen MR) is 96.4 cm³/mol. The molecular formula is C20H33ClN2O. The van der Waals surface area contributed by atoms with Crippen LogP contribution in [0.2, 0.25) is 0 Å². The van der Waals surface area contributed by atoms with Crippen molar-refractivity contribution in [1.82, 2.24) is 4.57 Å². The summed E-state index contributed by atoms with van der Waals surface area (Å²) in [6.07, 6.45) is 10.3. The van der Waals surface area contributed by atoms with Crippen LogP contribution < -0.4 is 17.0 Å². The second kappa shape index (κ2) is 11.5. The zero-order valence-corrected chi connectivity index (χ0v) is 16.3. The lowest BCUT2D eigenvalue weighted by Crippen LogP contribution is -3.00. The highest BCUT2D eigenvalue weighted by molar-refractivity contribution is 5.72. The molecular weight excluding hydrogens is 320 g/mol. The fraction of sp³-hybridized carbons (Fsp3) is 0.650. The Bertz CT molecular complexity index is 595. The van der Waals surface area contributed by atoms with E-state index in [4.69, 9.17) is 4.74 Å². The van der Waals surface area contributed by atoms with Crippen molar-refractivity contribution in [3.63, 3.8) is 0 Å². The van der Waals surface area contributed by atoms with Crippen molar-refractivity contribution in [3.8, 4) is 0 Å². The van der Waals surface area contributed by atoms with Crippen molar-refractivity contribution in [2.75, 3.05) is 6.61 Å². The van der Waals surface area contributed by atoms with Gasteiger partial charge in [-0.3, -0.25) is 0 Å². The first kappa shape index (κ1) is 21.0. The summed E-state index contributed by atoms with van der Waals surface area (Å²) in [5, 5.41) is 0. The van der Waals surface area contributed by atoms with Gasteiger partial charge in [0.2, 0.25) is 0 Å². The number of hydrogen-bond acceptors (Lipinski definition) is 1. The first-order chi connectivity index (χ1) is 11.3. The van der Waals surface area contributed by atoms with Gasteiger partial charge >= 0.3 is 0 Å². The quantitative estimate of drug-likeness (QED) is 0.445. The van der Waals surface area contributed by atoms with E-state index in [1.807, 2.05) is 0 Å². The first-order valence-electron chi connectivity index (χ1n) is 9.33. The molecule has 1 aromatic carbocycles. The Balaban J connectivity index is 0.00000288. The number of hydrogen-bond donors (Lipinski definition) is 0. The molecule has 0 saturated carbocycles. The molecule has 0 spiro atoms. The van der Waals surface area contributed by atoms with E-state index in [1.165, 1.54) is 61.8 Å². The smallest absolute Gasteiger partial charge is 0.258 e. The Hall–Kier alpha value is -1.06. The molecule has 0 amide bonds. The second-order valence-corrected chi connectivity index (χ2v) is 6.40.